The number of amides is 4. The standard InChI is InChI=1S/C16H28N4O3/c1-15(2,3)12(21)19-9-6-18(7-10-19)8-11-20-13(22)16(4,5)17-14(20)23/h6-11H2,1-5H3,(H,17,23). The van der Waals surface area contributed by atoms with Crippen LogP contribution in [0.4, 0.5) is 4.79 Å². The van der Waals surface area contributed by atoms with Gasteiger partial charge in [-0.05, 0) is 13.8 Å². The quantitative estimate of drug-likeness (QED) is 0.768. The van der Waals surface area contributed by atoms with Gasteiger partial charge in [-0.25, -0.2) is 4.79 Å². The van der Waals surface area contributed by atoms with Crippen molar-refractivity contribution in [3.63, 3.8) is 0 Å². The van der Waals surface area contributed by atoms with Gasteiger partial charge in [0.2, 0.25) is 5.91 Å². The van der Waals surface area contributed by atoms with Gasteiger partial charge in [0.25, 0.3) is 5.91 Å². The summed E-state index contributed by atoms with van der Waals surface area (Å²) >= 11 is 0. The van der Waals surface area contributed by atoms with Gasteiger partial charge in [-0.1, -0.05) is 20.8 Å². The van der Waals surface area contributed by atoms with E-state index >= 15 is 0 Å². The van der Waals surface area contributed by atoms with E-state index in [4.69, 9.17) is 0 Å². The predicted octanol–water partition coefficient (Wildman–Crippen LogP) is 0.507. The molecule has 0 aromatic heterocycles. The normalized spacial score (nSPS) is 22.5. The number of imide groups is 1. The molecule has 2 saturated heterocycles. The summed E-state index contributed by atoms with van der Waals surface area (Å²) in [4.78, 5) is 41.6. The van der Waals surface area contributed by atoms with E-state index in [1.807, 2.05) is 25.7 Å². The van der Waals surface area contributed by atoms with Crippen LogP contribution in [0.2, 0.25) is 0 Å². The maximum Gasteiger partial charge on any atom is 0.325 e. The summed E-state index contributed by atoms with van der Waals surface area (Å²) in [6.45, 7) is 13.2. The molecule has 23 heavy (non-hydrogen) atoms. The molecular weight excluding hydrogens is 296 g/mol. The molecule has 0 bridgehead atoms. The SMILES string of the molecule is CC(C)(C)C(=O)N1CCN(CCN2C(=O)NC(C)(C)C2=O)CC1. The molecule has 0 aromatic carbocycles. The molecule has 1 N–H and O–H groups in total. The molecule has 130 valence electrons. The summed E-state index contributed by atoms with van der Waals surface area (Å²) in [6.07, 6.45) is 0. The van der Waals surface area contributed by atoms with Crippen molar-refractivity contribution in [2.75, 3.05) is 39.3 Å². The van der Waals surface area contributed by atoms with Gasteiger partial charge in [-0.3, -0.25) is 19.4 Å². The van der Waals surface area contributed by atoms with Crippen LogP contribution in [0.3, 0.4) is 0 Å². The third kappa shape index (κ3) is 3.83. The minimum absolute atomic E-state index is 0.174. The molecule has 2 aliphatic heterocycles. The minimum atomic E-state index is -0.811. The smallest absolute Gasteiger partial charge is 0.325 e. The van der Waals surface area contributed by atoms with E-state index in [1.165, 1.54) is 4.90 Å². The topological polar surface area (TPSA) is 73.0 Å². The Hall–Kier alpha value is -1.63. The van der Waals surface area contributed by atoms with Gasteiger partial charge in [0, 0.05) is 44.7 Å². The minimum Gasteiger partial charge on any atom is -0.340 e. The van der Waals surface area contributed by atoms with Gasteiger partial charge < -0.3 is 10.2 Å². The molecule has 0 saturated carbocycles. The number of rotatable bonds is 3. The van der Waals surface area contributed by atoms with Gasteiger partial charge >= 0.3 is 6.03 Å². The van der Waals surface area contributed by atoms with Crippen LogP contribution in [0.15, 0.2) is 0 Å². The largest absolute Gasteiger partial charge is 0.340 e. The highest BCUT2D eigenvalue weighted by atomic mass is 16.2. The van der Waals surface area contributed by atoms with Gasteiger partial charge in [0.05, 0.1) is 0 Å². The van der Waals surface area contributed by atoms with Gasteiger partial charge in [0.1, 0.15) is 5.54 Å². The van der Waals surface area contributed by atoms with E-state index in [0.717, 1.165) is 13.1 Å². The fraction of sp³-hybridized carbons (Fsp3) is 0.812. The lowest BCUT2D eigenvalue weighted by atomic mass is 9.94. The molecule has 2 aliphatic rings. The molecule has 0 spiro atoms. The number of nitrogens with zero attached hydrogens (tertiary/aromatic N) is 3. The van der Waals surface area contributed by atoms with Crippen LogP contribution in [-0.2, 0) is 9.59 Å². The summed E-state index contributed by atoms with van der Waals surface area (Å²) in [6, 6.07) is -0.318. The number of carbonyl (C=O) groups is 3. The van der Waals surface area contributed by atoms with Crippen molar-refractivity contribution in [1.29, 1.82) is 0 Å². The molecule has 2 heterocycles. The number of hydrogen-bond acceptors (Lipinski definition) is 4. The number of urea groups is 1. The second-order valence-corrected chi connectivity index (χ2v) is 7.90. The number of hydrogen-bond donors (Lipinski definition) is 1. The second-order valence-electron chi connectivity index (χ2n) is 7.90. The molecule has 0 aliphatic carbocycles. The third-order valence-corrected chi connectivity index (χ3v) is 4.39. The molecule has 0 unspecified atom stereocenters. The molecule has 0 atom stereocenters. The first-order valence-electron chi connectivity index (χ1n) is 8.18. The van der Waals surface area contributed by atoms with Crippen LogP contribution in [-0.4, -0.2) is 77.4 Å². The molecule has 0 aromatic rings. The summed E-state index contributed by atoms with van der Waals surface area (Å²) < 4.78 is 0. The molecule has 4 amide bonds. The van der Waals surface area contributed by atoms with E-state index in [1.54, 1.807) is 13.8 Å². The highest BCUT2D eigenvalue weighted by molar-refractivity contribution is 6.06. The maximum absolute atomic E-state index is 12.3. The van der Waals surface area contributed by atoms with Crippen LogP contribution in [0.5, 0.6) is 0 Å². The summed E-state index contributed by atoms with van der Waals surface area (Å²) in [7, 11) is 0. The Morgan fingerprint density at radius 1 is 1.09 bits per heavy atom. The lowest BCUT2D eigenvalue weighted by Crippen LogP contribution is -2.53. The fourth-order valence-electron chi connectivity index (χ4n) is 2.91. The van der Waals surface area contributed by atoms with Crippen molar-refractivity contribution in [2.24, 2.45) is 5.41 Å². The van der Waals surface area contributed by atoms with Crippen molar-refractivity contribution < 1.29 is 14.4 Å². The van der Waals surface area contributed by atoms with Crippen molar-refractivity contribution in [3.05, 3.63) is 0 Å². The van der Waals surface area contributed by atoms with E-state index in [0.29, 0.717) is 26.2 Å². The van der Waals surface area contributed by atoms with Gasteiger partial charge in [0.15, 0.2) is 0 Å². The van der Waals surface area contributed by atoms with E-state index < -0.39 is 5.54 Å². The van der Waals surface area contributed by atoms with Gasteiger partial charge in [-0.15, -0.1) is 0 Å². The van der Waals surface area contributed by atoms with Crippen molar-refractivity contribution >= 4 is 17.8 Å². The number of nitrogens with one attached hydrogen (secondary N) is 1. The monoisotopic (exact) mass is 324 g/mol. The molecule has 7 heteroatoms. The van der Waals surface area contributed by atoms with Gasteiger partial charge in [-0.2, -0.15) is 0 Å². The average molecular weight is 324 g/mol. The molecule has 2 rings (SSSR count). The third-order valence-electron chi connectivity index (χ3n) is 4.39. The average Bonchev–Trinajstić information content (AvgIpc) is 2.64. The first-order valence-corrected chi connectivity index (χ1v) is 8.18. The van der Waals surface area contributed by atoms with E-state index in [2.05, 4.69) is 10.2 Å². The number of carbonyl (C=O) groups excluding carboxylic acids is 3. The van der Waals surface area contributed by atoms with E-state index in [-0.39, 0.29) is 23.3 Å². The van der Waals surface area contributed by atoms with Crippen LogP contribution in [0.25, 0.3) is 0 Å². The van der Waals surface area contributed by atoms with Crippen molar-refractivity contribution in [3.8, 4) is 0 Å². The first kappa shape index (κ1) is 17.7. The Morgan fingerprint density at radius 3 is 2.09 bits per heavy atom. The molecular formula is C16H28N4O3. The number of piperazine rings is 1. The van der Waals surface area contributed by atoms with Crippen molar-refractivity contribution in [2.45, 2.75) is 40.2 Å². The Morgan fingerprint density at radius 2 is 1.65 bits per heavy atom. The molecule has 0 radical (unpaired) electrons. The van der Waals surface area contributed by atoms with E-state index in [9.17, 15) is 14.4 Å². The highest BCUT2D eigenvalue weighted by Crippen LogP contribution is 2.19. The zero-order chi connectivity index (χ0) is 17.4. The summed E-state index contributed by atoms with van der Waals surface area (Å²) in [5.41, 5.74) is -1.16. The second kappa shape index (κ2) is 6.11. The summed E-state index contributed by atoms with van der Waals surface area (Å²) in [5, 5.41) is 2.69. The Labute approximate surface area is 138 Å². The zero-order valence-corrected chi connectivity index (χ0v) is 14.8. The summed E-state index contributed by atoms with van der Waals surface area (Å²) in [5.74, 6) is -0.00274. The van der Waals surface area contributed by atoms with Crippen LogP contribution < -0.4 is 5.32 Å². The van der Waals surface area contributed by atoms with Crippen LogP contribution >= 0.6 is 0 Å². The molecule has 7 nitrogen and oxygen atoms in total. The Balaban J connectivity index is 1.81. The van der Waals surface area contributed by atoms with Crippen LogP contribution in [0.1, 0.15) is 34.6 Å². The zero-order valence-electron chi connectivity index (χ0n) is 14.8. The first-order chi connectivity index (χ1) is 10.5. The maximum atomic E-state index is 12.3. The van der Waals surface area contributed by atoms with Crippen LogP contribution in [0, 0.1) is 5.41 Å². The predicted molar refractivity (Wildman–Crippen MR) is 86.8 cm³/mol. The highest BCUT2D eigenvalue weighted by Gasteiger charge is 2.44. The lowest BCUT2D eigenvalue weighted by molar-refractivity contribution is -0.141. The fourth-order valence-corrected chi connectivity index (χ4v) is 2.91. The Kier molecular flexibility index (Phi) is 4.71. The molecule has 2 fully saturated rings. The lowest BCUT2D eigenvalue weighted by Gasteiger charge is -2.38. The Bertz CT molecular complexity index is 502. The van der Waals surface area contributed by atoms with Crippen molar-refractivity contribution in [1.82, 2.24) is 20.0 Å².